The van der Waals surface area contributed by atoms with Gasteiger partial charge in [0.05, 0.1) is 5.69 Å². The fourth-order valence-corrected chi connectivity index (χ4v) is 1.59. The second kappa shape index (κ2) is 5.08. The first-order valence-electron chi connectivity index (χ1n) is 5.99. The number of ether oxygens (including phenoxy) is 1. The first kappa shape index (κ1) is 11.8. The van der Waals surface area contributed by atoms with E-state index in [0.29, 0.717) is 17.5 Å². The van der Waals surface area contributed by atoms with Crippen molar-refractivity contribution in [1.29, 1.82) is 0 Å². The summed E-state index contributed by atoms with van der Waals surface area (Å²) in [4.78, 5) is 11.4. The second-order valence-electron chi connectivity index (χ2n) is 4.36. The molecule has 4 heteroatoms. The maximum atomic E-state index is 11.4. The van der Waals surface area contributed by atoms with Crippen LogP contribution in [0.4, 0.5) is 5.69 Å². The number of carbonyl (C=O) groups is 1. The van der Waals surface area contributed by atoms with Crippen molar-refractivity contribution < 1.29 is 9.53 Å². The largest absolute Gasteiger partial charge is 0.482 e. The number of nitrogens with two attached hydrogens (primary N) is 1. The van der Waals surface area contributed by atoms with Crippen LogP contribution in [-0.4, -0.2) is 18.6 Å². The van der Waals surface area contributed by atoms with Gasteiger partial charge in [0.25, 0.3) is 5.91 Å². The Hall–Kier alpha value is -1.71. The molecule has 0 heterocycles. The first-order valence-corrected chi connectivity index (χ1v) is 5.99. The predicted octanol–water partition coefficient (Wildman–Crippen LogP) is 1.49. The molecule has 0 saturated heterocycles. The van der Waals surface area contributed by atoms with E-state index in [4.69, 9.17) is 10.5 Å². The number of nitrogens with one attached hydrogen (secondary N) is 1. The van der Waals surface area contributed by atoms with Crippen LogP contribution in [0.2, 0.25) is 0 Å². The Balaban J connectivity index is 1.87. The second-order valence-corrected chi connectivity index (χ2v) is 4.36. The van der Waals surface area contributed by atoms with Crippen LogP contribution in [0.15, 0.2) is 18.2 Å². The van der Waals surface area contributed by atoms with E-state index < -0.39 is 0 Å². The average molecular weight is 234 g/mol. The fraction of sp³-hybridized carbons (Fsp3) is 0.462. The van der Waals surface area contributed by atoms with Crippen LogP contribution in [0.5, 0.6) is 5.75 Å². The highest BCUT2D eigenvalue weighted by atomic mass is 16.5. The molecule has 92 valence electrons. The van der Waals surface area contributed by atoms with Crippen molar-refractivity contribution in [3.8, 4) is 5.75 Å². The molecule has 1 amide bonds. The molecule has 0 radical (unpaired) electrons. The minimum absolute atomic E-state index is 0.0339. The molecule has 0 bridgehead atoms. The minimum atomic E-state index is -0.0773. The highest BCUT2D eigenvalue weighted by Gasteiger charge is 2.23. The van der Waals surface area contributed by atoms with Gasteiger partial charge in [-0.1, -0.05) is 13.0 Å². The van der Waals surface area contributed by atoms with Gasteiger partial charge in [-0.05, 0) is 37.0 Å². The van der Waals surface area contributed by atoms with Gasteiger partial charge in [-0.3, -0.25) is 4.79 Å². The van der Waals surface area contributed by atoms with Crippen molar-refractivity contribution in [2.75, 3.05) is 12.3 Å². The van der Waals surface area contributed by atoms with Gasteiger partial charge in [0.1, 0.15) is 5.75 Å². The molecule has 17 heavy (non-hydrogen) atoms. The molecule has 1 saturated carbocycles. The highest BCUT2D eigenvalue weighted by molar-refractivity contribution is 5.78. The summed E-state index contributed by atoms with van der Waals surface area (Å²) >= 11 is 0. The SMILES string of the molecule is CCc1ccc(OCC(=O)NC2CC2)c(N)c1. The molecule has 1 aromatic carbocycles. The first-order chi connectivity index (χ1) is 8.19. The summed E-state index contributed by atoms with van der Waals surface area (Å²) < 4.78 is 5.39. The molecule has 0 unspecified atom stereocenters. The molecular formula is C13H18N2O2. The van der Waals surface area contributed by atoms with Gasteiger partial charge in [-0.15, -0.1) is 0 Å². The quantitative estimate of drug-likeness (QED) is 0.759. The predicted molar refractivity (Wildman–Crippen MR) is 66.9 cm³/mol. The Morgan fingerprint density at radius 1 is 1.53 bits per heavy atom. The number of aryl methyl sites for hydroxylation is 1. The summed E-state index contributed by atoms with van der Waals surface area (Å²) in [7, 11) is 0. The average Bonchev–Trinajstić information content (AvgIpc) is 3.11. The third-order valence-corrected chi connectivity index (χ3v) is 2.78. The van der Waals surface area contributed by atoms with Crippen molar-refractivity contribution >= 4 is 11.6 Å². The number of rotatable bonds is 5. The van der Waals surface area contributed by atoms with E-state index in [1.807, 2.05) is 18.2 Å². The van der Waals surface area contributed by atoms with Gasteiger partial charge >= 0.3 is 0 Å². The molecule has 2 rings (SSSR count). The Labute approximate surface area is 101 Å². The van der Waals surface area contributed by atoms with E-state index in [1.165, 1.54) is 0 Å². The Bertz CT molecular complexity index is 414. The Kier molecular flexibility index (Phi) is 3.52. The third-order valence-electron chi connectivity index (χ3n) is 2.78. The molecule has 1 aromatic rings. The van der Waals surface area contributed by atoms with Crippen molar-refractivity contribution in [2.24, 2.45) is 0 Å². The van der Waals surface area contributed by atoms with Gasteiger partial charge in [-0.25, -0.2) is 0 Å². The fourth-order valence-electron chi connectivity index (χ4n) is 1.59. The maximum absolute atomic E-state index is 11.4. The van der Waals surface area contributed by atoms with Crippen LogP contribution in [-0.2, 0) is 11.2 Å². The van der Waals surface area contributed by atoms with E-state index in [9.17, 15) is 4.79 Å². The lowest BCUT2D eigenvalue weighted by Crippen LogP contribution is -2.30. The van der Waals surface area contributed by atoms with E-state index in [-0.39, 0.29) is 12.5 Å². The van der Waals surface area contributed by atoms with Crippen LogP contribution in [0.3, 0.4) is 0 Å². The number of nitrogen functional groups attached to an aromatic ring is 1. The van der Waals surface area contributed by atoms with Crippen molar-refractivity contribution in [3.63, 3.8) is 0 Å². The number of hydrogen-bond acceptors (Lipinski definition) is 3. The summed E-state index contributed by atoms with van der Waals surface area (Å²) in [6.45, 7) is 2.10. The smallest absolute Gasteiger partial charge is 0.258 e. The molecule has 0 atom stereocenters. The molecule has 3 N–H and O–H groups in total. The molecule has 0 spiro atoms. The van der Waals surface area contributed by atoms with E-state index >= 15 is 0 Å². The number of amides is 1. The van der Waals surface area contributed by atoms with E-state index in [1.54, 1.807) is 0 Å². The summed E-state index contributed by atoms with van der Waals surface area (Å²) in [6.07, 6.45) is 3.10. The van der Waals surface area contributed by atoms with E-state index in [2.05, 4.69) is 12.2 Å². The normalized spacial score (nSPS) is 14.4. The highest BCUT2D eigenvalue weighted by Crippen LogP contribution is 2.23. The van der Waals surface area contributed by atoms with Gasteiger partial charge in [0.2, 0.25) is 0 Å². The zero-order valence-electron chi connectivity index (χ0n) is 10.0. The zero-order chi connectivity index (χ0) is 12.3. The molecule has 0 aromatic heterocycles. The van der Waals surface area contributed by atoms with Crippen molar-refractivity contribution in [1.82, 2.24) is 5.32 Å². The number of carbonyl (C=O) groups excluding carboxylic acids is 1. The topological polar surface area (TPSA) is 64.3 Å². The van der Waals surface area contributed by atoms with Gasteiger partial charge in [-0.2, -0.15) is 0 Å². The van der Waals surface area contributed by atoms with Crippen molar-refractivity contribution in [2.45, 2.75) is 32.2 Å². The molecule has 1 fully saturated rings. The van der Waals surface area contributed by atoms with Crippen LogP contribution < -0.4 is 15.8 Å². The lowest BCUT2D eigenvalue weighted by Gasteiger charge is -2.09. The standard InChI is InChI=1S/C13H18N2O2/c1-2-9-3-6-12(11(14)7-9)17-8-13(16)15-10-4-5-10/h3,6-7,10H,2,4-5,8,14H2,1H3,(H,15,16). The summed E-state index contributed by atoms with van der Waals surface area (Å²) in [5.74, 6) is 0.500. The van der Waals surface area contributed by atoms with Crippen LogP contribution >= 0.6 is 0 Å². The van der Waals surface area contributed by atoms with Gasteiger partial charge in [0, 0.05) is 6.04 Å². The van der Waals surface area contributed by atoms with Crippen LogP contribution in [0.25, 0.3) is 0 Å². The summed E-state index contributed by atoms with van der Waals surface area (Å²) in [6, 6.07) is 6.03. The summed E-state index contributed by atoms with van der Waals surface area (Å²) in [5, 5.41) is 2.86. The third kappa shape index (κ3) is 3.37. The molecule has 4 nitrogen and oxygen atoms in total. The van der Waals surface area contributed by atoms with Crippen LogP contribution in [0, 0.1) is 0 Å². The molecule has 0 aliphatic heterocycles. The van der Waals surface area contributed by atoms with Crippen molar-refractivity contribution in [3.05, 3.63) is 23.8 Å². The minimum Gasteiger partial charge on any atom is -0.482 e. The monoisotopic (exact) mass is 234 g/mol. The Morgan fingerprint density at radius 2 is 2.29 bits per heavy atom. The molecular weight excluding hydrogens is 216 g/mol. The summed E-state index contributed by atoms with van der Waals surface area (Å²) in [5.41, 5.74) is 7.59. The molecule has 1 aliphatic carbocycles. The lowest BCUT2D eigenvalue weighted by molar-refractivity contribution is -0.123. The molecule has 1 aliphatic rings. The van der Waals surface area contributed by atoms with E-state index in [0.717, 1.165) is 24.8 Å². The number of benzene rings is 1. The zero-order valence-corrected chi connectivity index (χ0v) is 10.0. The van der Waals surface area contributed by atoms with Gasteiger partial charge in [0.15, 0.2) is 6.61 Å². The number of anilines is 1. The number of hydrogen-bond donors (Lipinski definition) is 2. The Morgan fingerprint density at radius 3 is 2.88 bits per heavy atom. The van der Waals surface area contributed by atoms with Crippen LogP contribution in [0.1, 0.15) is 25.3 Å². The maximum Gasteiger partial charge on any atom is 0.258 e. The lowest BCUT2D eigenvalue weighted by atomic mass is 10.1. The van der Waals surface area contributed by atoms with Gasteiger partial charge < -0.3 is 15.8 Å².